The average Bonchev–Trinajstić information content (AvgIpc) is 3.10. The van der Waals surface area contributed by atoms with E-state index in [-0.39, 0.29) is 11.9 Å². The summed E-state index contributed by atoms with van der Waals surface area (Å²) in [5.74, 6) is -0.284. The van der Waals surface area contributed by atoms with Crippen molar-refractivity contribution >= 4 is 28.2 Å². The van der Waals surface area contributed by atoms with Gasteiger partial charge in [-0.15, -0.1) is 11.3 Å². The van der Waals surface area contributed by atoms with E-state index in [1.165, 1.54) is 11.3 Å². The zero-order valence-electron chi connectivity index (χ0n) is 12.5. The van der Waals surface area contributed by atoms with E-state index in [2.05, 4.69) is 10.4 Å². The van der Waals surface area contributed by atoms with E-state index in [1.54, 1.807) is 30.9 Å². The summed E-state index contributed by atoms with van der Waals surface area (Å²) in [7, 11) is 1.75. The van der Waals surface area contributed by atoms with Crippen LogP contribution in [0.1, 0.15) is 52.1 Å². The summed E-state index contributed by atoms with van der Waals surface area (Å²) < 4.78 is 6.69. The standard InChI is InChI=1S/C15H17N3O3S/c1-3-21-15(20)12-10(9-4-5-9)8-22-14(12)16-13(19)11-6-7-18(2)17-11/h6-9H,3-5H2,1-2H3,(H,16,19). The molecule has 6 nitrogen and oxygen atoms in total. The fourth-order valence-corrected chi connectivity index (χ4v) is 3.30. The maximum absolute atomic E-state index is 12.2. The van der Waals surface area contributed by atoms with Gasteiger partial charge in [-0.05, 0) is 42.7 Å². The molecule has 116 valence electrons. The van der Waals surface area contributed by atoms with Crippen molar-refractivity contribution in [1.82, 2.24) is 9.78 Å². The molecular formula is C15H17N3O3S. The van der Waals surface area contributed by atoms with E-state index in [9.17, 15) is 9.59 Å². The van der Waals surface area contributed by atoms with Crippen LogP contribution < -0.4 is 5.32 Å². The lowest BCUT2D eigenvalue weighted by Gasteiger charge is -2.07. The number of ether oxygens (including phenoxy) is 1. The Kier molecular flexibility index (Phi) is 3.98. The number of hydrogen-bond donors (Lipinski definition) is 1. The number of carbonyl (C=O) groups is 2. The first-order chi connectivity index (χ1) is 10.6. The van der Waals surface area contributed by atoms with Crippen LogP contribution in [0.2, 0.25) is 0 Å². The quantitative estimate of drug-likeness (QED) is 0.860. The number of nitrogens with zero attached hydrogens (tertiary/aromatic N) is 2. The summed E-state index contributed by atoms with van der Waals surface area (Å²) in [6.45, 7) is 2.08. The van der Waals surface area contributed by atoms with Crippen molar-refractivity contribution in [1.29, 1.82) is 0 Å². The van der Waals surface area contributed by atoms with Crippen LogP contribution in [0.5, 0.6) is 0 Å². The third-order valence-corrected chi connectivity index (χ3v) is 4.40. The maximum Gasteiger partial charge on any atom is 0.341 e. The molecular weight excluding hydrogens is 302 g/mol. The van der Waals surface area contributed by atoms with E-state index in [4.69, 9.17) is 4.74 Å². The van der Waals surface area contributed by atoms with Crippen LogP contribution in [-0.4, -0.2) is 28.3 Å². The smallest absolute Gasteiger partial charge is 0.341 e. The molecule has 0 saturated heterocycles. The van der Waals surface area contributed by atoms with Crippen molar-refractivity contribution in [2.24, 2.45) is 7.05 Å². The molecule has 0 aliphatic heterocycles. The monoisotopic (exact) mass is 319 g/mol. The molecule has 1 N–H and O–H groups in total. The van der Waals surface area contributed by atoms with Crippen LogP contribution in [0.3, 0.4) is 0 Å². The molecule has 0 bridgehead atoms. The van der Waals surface area contributed by atoms with Crippen LogP contribution in [0, 0.1) is 0 Å². The van der Waals surface area contributed by atoms with Crippen LogP contribution in [0.4, 0.5) is 5.00 Å². The average molecular weight is 319 g/mol. The summed E-state index contributed by atoms with van der Waals surface area (Å²) in [5, 5.41) is 9.33. The van der Waals surface area contributed by atoms with Gasteiger partial charge in [0, 0.05) is 13.2 Å². The number of rotatable bonds is 5. The number of nitrogens with one attached hydrogen (secondary N) is 1. The number of aromatic nitrogens is 2. The van der Waals surface area contributed by atoms with Gasteiger partial charge in [0.1, 0.15) is 5.00 Å². The van der Waals surface area contributed by atoms with Crippen molar-refractivity contribution in [3.05, 3.63) is 34.5 Å². The molecule has 2 heterocycles. The fourth-order valence-electron chi connectivity index (χ4n) is 2.28. The lowest BCUT2D eigenvalue weighted by Crippen LogP contribution is -2.16. The summed E-state index contributed by atoms with van der Waals surface area (Å²) >= 11 is 1.36. The van der Waals surface area contributed by atoms with Gasteiger partial charge in [-0.1, -0.05) is 0 Å². The number of carbonyl (C=O) groups excluding carboxylic acids is 2. The summed E-state index contributed by atoms with van der Waals surface area (Å²) in [6.07, 6.45) is 3.86. The van der Waals surface area contributed by atoms with Gasteiger partial charge in [0.15, 0.2) is 5.69 Å². The molecule has 0 spiro atoms. The number of amides is 1. The first-order valence-electron chi connectivity index (χ1n) is 7.19. The SMILES string of the molecule is CCOC(=O)c1c(C2CC2)csc1NC(=O)c1ccn(C)n1. The Hall–Kier alpha value is -2.15. The second-order valence-corrected chi connectivity index (χ2v) is 6.10. The molecule has 0 radical (unpaired) electrons. The van der Waals surface area contributed by atoms with Crippen molar-refractivity contribution in [2.75, 3.05) is 11.9 Å². The normalized spacial score (nSPS) is 13.9. The second kappa shape index (κ2) is 5.92. The highest BCUT2D eigenvalue weighted by atomic mass is 32.1. The van der Waals surface area contributed by atoms with E-state index in [1.807, 2.05) is 5.38 Å². The molecule has 1 aliphatic carbocycles. The fraction of sp³-hybridized carbons (Fsp3) is 0.400. The lowest BCUT2D eigenvalue weighted by atomic mass is 10.1. The van der Waals surface area contributed by atoms with Gasteiger partial charge in [-0.2, -0.15) is 5.10 Å². The Morgan fingerprint density at radius 3 is 2.86 bits per heavy atom. The van der Waals surface area contributed by atoms with E-state index < -0.39 is 0 Å². The van der Waals surface area contributed by atoms with Crippen molar-refractivity contribution in [3.8, 4) is 0 Å². The number of esters is 1. The van der Waals surface area contributed by atoms with E-state index in [0.717, 1.165) is 18.4 Å². The first kappa shape index (κ1) is 14.8. The van der Waals surface area contributed by atoms with Gasteiger partial charge in [0.25, 0.3) is 5.91 Å². The van der Waals surface area contributed by atoms with Crippen LogP contribution in [0.25, 0.3) is 0 Å². The predicted octanol–water partition coefficient (Wildman–Crippen LogP) is 2.79. The number of anilines is 1. The Morgan fingerprint density at radius 2 is 2.27 bits per heavy atom. The molecule has 1 amide bonds. The third kappa shape index (κ3) is 2.89. The Labute approximate surface area is 132 Å². The van der Waals surface area contributed by atoms with Crippen molar-refractivity contribution in [3.63, 3.8) is 0 Å². The van der Waals surface area contributed by atoms with Crippen LogP contribution in [-0.2, 0) is 11.8 Å². The predicted molar refractivity (Wildman–Crippen MR) is 83.4 cm³/mol. The number of aryl methyl sites for hydroxylation is 1. The zero-order valence-corrected chi connectivity index (χ0v) is 13.3. The Bertz CT molecular complexity index is 715. The molecule has 0 aromatic carbocycles. The van der Waals surface area contributed by atoms with Crippen LogP contribution >= 0.6 is 11.3 Å². The Morgan fingerprint density at radius 1 is 1.50 bits per heavy atom. The number of hydrogen-bond acceptors (Lipinski definition) is 5. The highest BCUT2D eigenvalue weighted by molar-refractivity contribution is 7.15. The highest BCUT2D eigenvalue weighted by Crippen LogP contribution is 2.46. The number of thiophene rings is 1. The van der Waals surface area contributed by atoms with Gasteiger partial charge < -0.3 is 10.1 Å². The highest BCUT2D eigenvalue weighted by Gasteiger charge is 2.32. The van der Waals surface area contributed by atoms with Crippen molar-refractivity contribution in [2.45, 2.75) is 25.7 Å². The molecule has 1 saturated carbocycles. The first-order valence-corrected chi connectivity index (χ1v) is 8.07. The molecule has 0 unspecified atom stereocenters. The molecule has 1 aliphatic rings. The minimum absolute atomic E-state index is 0.312. The van der Waals surface area contributed by atoms with Crippen LogP contribution in [0.15, 0.2) is 17.6 Å². The van der Waals surface area contributed by atoms with E-state index in [0.29, 0.717) is 28.8 Å². The minimum Gasteiger partial charge on any atom is -0.462 e. The molecule has 2 aromatic rings. The molecule has 1 fully saturated rings. The van der Waals surface area contributed by atoms with Crippen molar-refractivity contribution < 1.29 is 14.3 Å². The van der Waals surface area contributed by atoms with E-state index >= 15 is 0 Å². The molecule has 3 rings (SSSR count). The molecule has 22 heavy (non-hydrogen) atoms. The van der Waals surface area contributed by atoms with Gasteiger partial charge >= 0.3 is 5.97 Å². The zero-order chi connectivity index (χ0) is 15.7. The van der Waals surface area contributed by atoms with Gasteiger partial charge in [-0.25, -0.2) is 4.79 Å². The second-order valence-electron chi connectivity index (χ2n) is 5.22. The Balaban J connectivity index is 1.86. The van der Waals surface area contributed by atoms with Gasteiger partial charge in [0.2, 0.25) is 0 Å². The van der Waals surface area contributed by atoms with Gasteiger partial charge in [-0.3, -0.25) is 9.48 Å². The molecule has 2 aromatic heterocycles. The summed E-state index contributed by atoms with van der Waals surface area (Å²) in [4.78, 5) is 24.4. The summed E-state index contributed by atoms with van der Waals surface area (Å²) in [5.41, 5.74) is 1.80. The lowest BCUT2D eigenvalue weighted by molar-refractivity contribution is 0.0527. The summed E-state index contributed by atoms with van der Waals surface area (Å²) in [6, 6.07) is 1.63. The maximum atomic E-state index is 12.2. The third-order valence-electron chi connectivity index (χ3n) is 3.49. The topological polar surface area (TPSA) is 73.2 Å². The molecule has 7 heteroatoms. The largest absolute Gasteiger partial charge is 0.462 e. The van der Waals surface area contributed by atoms with Gasteiger partial charge in [0.05, 0.1) is 12.2 Å². The molecule has 0 atom stereocenters. The minimum atomic E-state index is -0.373.